The molecule has 1 N–H and O–H groups in total. The third-order valence-corrected chi connectivity index (χ3v) is 5.41. The molecule has 2 amide bonds. The number of urea groups is 1. The molecule has 0 radical (unpaired) electrons. The van der Waals surface area contributed by atoms with E-state index in [1.165, 1.54) is 5.56 Å². The summed E-state index contributed by atoms with van der Waals surface area (Å²) < 4.78 is 1.04. The van der Waals surface area contributed by atoms with Crippen LogP contribution in [0.4, 0.5) is 10.5 Å². The van der Waals surface area contributed by atoms with Gasteiger partial charge in [-0.1, -0.05) is 46.3 Å². The summed E-state index contributed by atoms with van der Waals surface area (Å²) in [6.45, 7) is 8.50. The van der Waals surface area contributed by atoms with Crippen LogP contribution in [-0.2, 0) is 6.42 Å². The lowest BCUT2D eigenvalue weighted by Crippen LogP contribution is -2.50. The highest BCUT2D eigenvalue weighted by molar-refractivity contribution is 9.10. The minimum atomic E-state index is 0.00114. The van der Waals surface area contributed by atoms with Crippen LogP contribution in [0.25, 0.3) is 0 Å². The number of hydrogen-bond acceptors (Lipinski definition) is 2. The Labute approximate surface area is 164 Å². The first-order chi connectivity index (χ1) is 12.5. The number of benzene rings is 2. The Morgan fingerprint density at radius 3 is 2.27 bits per heavy atom. The second-order valence-corrected chi connectivity index (χ2v) is 7.82. The molecule has 0 aromatic heterocycles. The van der Waals surface area contributed by atoms with Crippen LogP contribution in [0.1, 0.15) is 16.7 Å². The zero-order valence-corrected chi connectivity index (χ0v) is 17.1. The molecule has 1 saturated heterocycles. The van der Waals surface area contributed by atoms with E-state index >= 15 is 0 Å². The molecular formula is C21H26BrN3O. The second-order valence-electron chi connectivity index (χ2n) is 6.91. The lowest BCUT2D eigenvalue weighted by atomic mass is 10.1. The van der Waals surface area contributed by atoms with Crippen LogP contribution in [0.5, 0.6) is 0 Å². The molecule has 138 valence electrons. The molecule has 0 spiro atoms. The highest BCUT2D eigenvalue weighted by atomic mass is 79.9. The van der Waals surface area contributed by atoms with Crippen molar-refractivity contribution >= 4 is 27.6 Å². The predicted octanol–water partition coefficient (Wildman–Crippen LogP) is 4.46. The van der Waals surface area contributed by atoms with E-state index in [-0.39, 0.29) is 6.03 Å². The molecule has 0 unspecified atom stereocenters. The van der Waals surface area contributed by atoms with Gasteiger partial charge in [0, 0.05) is 42.9 Å². The van der Waals surface area contributed by atoms with Crippen LogP contribution >= 0.6 is 15.9 Å². The second kappa shape index (κ2) is 8.69. The number of piperazine rings is 1. The average molecular weight is 416 g/mol. The molecule has 4 nitrogen and oxygen atoms in total. The van der Waals surface area contributed by atoms with Crippen molar-refractivity contribution in [3.8, 4) is 0 Å². The fraction of sp³-hybridized carbons (Fsp3) is 0.381. The summed E-state index contributed by atoms with van der Waals surface area (Å²) in [6.07, 6.45) is 1.06. The Morgan fingerprint density at radius 1 is 1.04 bits per heavy atom. The van der Waals surface area contributed by atoms with Crippen molar-refractivity contribution in [2.75, 3.05) is 38.0 Å². The smallest absolute Gasteiger partial charge is 0.321 e. The molecule has 2 aromatic carbocycles. The summed E-state index contributed by atoms with van der Waals surface area (Å²) in [5, 5.41) is 3.10. The minimum Gasteiger partial charge on any atom is -0.322 e. The molecule has 0 saturated carbocycles. The van der Waals surface area contributed by atoms with Crippen LogP contribution in [0.2, 0.25) is 0 Å². The lowest BCUT2D eigenvalue weighted by molar-refractivity contribution is 0.148. The summed E-state index contributed by atoms with van der Waals surface area (Å²) in [4.78, 5) is 17.0. The summed E-state index contributed by atoms with van der Waals surface area (Å²) in [5.41, 5.74) is 4.44. The number of aryl methyl sites for hydroxylation is 2. The van der Waals surface area contributed by atoms with E-state index in [9.17, 15) is 4.79 Å². The van der Waals surface area contributed by atoms with E-state index in [0.29, 0.717) is 0 Å². The van der Waals surface area contributed by atoms with E-state index < -0.39 is 0 Å². The lowest BCUT2D eigenvalue weighted by Gasteiger charge is -2.35. The number of nitrogens with zero attached hydrogens (tertiary/aromatic N) is 2. The summed E-state index contributed by atoms with van der Waals surface area (Å²) >= 11 is 3.50. The van der Waals surface area contributed by atoms with Gasteiger partial charge in [0.1, 0.15) is 0 Å². The van der Waals surface area contributed by atoms with Crippen LogP contribution in [0.3, 0.4) is 0 Å². The van der Waals surface area contributed by atoms with E-state index in [4.69, 9.17) is 0 Å². The third-order valence-electron chi connectivity index (χ3n) is 4.95. The van der Waals surface area contributed by atoms with Gasteiger partial charge in [-0.25, -0.2) is 4.79 Å². The molecule has 3 rings (SSSR count). The maximum absolute atomic E-state index is 12.6. The number of rotatable bonds is 4. The molecule has 1 aliphatic rings. The Kier molecular flexibility index (Phi) is 6.33. The van der Waals surface area contributed by atoms with Crippen molar-refractivity contribution < 1.29 is 4.79 Å². The molecule has 26 heavy (non-hydrogen) atoms. The number of anilines is 1. The maximum atomic E-state index is 12.6. The fourth-order valence-corrected chi connectivity index (χ4v) is 4.09. The highest BCUT2D eigenvalue weighted by Crippen LogP contribution is 2.25. The number of hydrogen-bond donors (Lipinski definition) is 1. The Bertz CT molecular complexity index is 732. The number of carbonyl (C=O) groups is 1. The van der Waals surface area contributed by atoms with E-state index in [1.54, 1.807) is 0 Å². The van der Waals surface area contributed by atoms with Crippen LogP contribution < -0.4 is 5.32 Å². The highest BCUT2D eigenvalue weighted by Gasteiger charge is 2.21. The van der Waals surface area contributed by atoms with Crippen LogP contribution in [-0.4, -0.2) is 48.6 Å². The van der Waals surface area contributed by atoms with Gasteiger partial charge in [-0.15, -0.1) is 0 Å². The molecule has 1 heterocycles. The molecular weight excluding hydrogens is 390 g/mol. The molecule has 1 aliphatic heterocycles. The van der Waals surface area contributed by atoms with Gasteiger partial charge >= 0.3 is 6.03 Å². The molecule has 0 atom stereocenters. The van der Waals surface area contributed by atoms with Crippen molar-refractivity contribution in [1.29, 1.82) is 0 Å². The van der Waals surface area contributed by atoms with Crippen molar-refractivity contribution in [2.24, 2.45) is 0 Å². The van der Waals surface area contributed by atoms with Crippen molar-refractivity contribution in [1.82, 2.24) is 9.80 Å². The number of halogens is 1. The first-order valence-corrected chi connectivity index (χ1v) is 9.91. The summed E-state index contributed by atoms with van der Waals surface area (Å²) in [7, 11) is 0. The Hall–Kier alpha value is -1.85. The topological polar surface area (TPSA) is 35.6 Å². The normalized spacial score (nSPS) is 15.1. The summed E-state index contributed by atoms with van der Waals surface area (Å²) in [5.74, 6) is 0. The van der Waals surface area contributed by atoms with Crippen LogP contribution in [0.15, 0.2) is 46.9 Å². The van der Waals surface area contributed by atoms with Gasteiger partial charge in [0.25, 0.3) is 0 Å². The van der Waals surface area contributed by atoms with Crippen molar-refractivity contribution in [2.45, 2.75) is 20.3 Å². The van der Waals surface area contributed by atoms with Crippen molar-refractivity contribution in [3.05, 3.63) is 63.6 Å². The van der Waals surface area contributed by atoms with Crippen LogP contribution in [0, 0.1) is 13.8 Å². The first-order valence-electron chi connectivity index (χ1n) is 9.12. The van der Waals surface area contributed by atoms with E-state index in [0.717, 1.165) is 60.4 Å². The Morgan fingerprint density at radius 2 is 1.65 bits per heavy atom. The van der Waals surface area contributed by atoms with Gasteiger partial charge in [0.15, 0.2) is 0 Å². The Balaban J connectivity index is 1.49. The third kappa shape index (κ3) is 4.86. The monoisotopic (exact) mass is 415 g/mol. The van der Waals surface area contributed by atoms with Gasteiger partial charge in [-0.3, -0.25) is 4.90 Å². The van der Waals surface area contributed by atoms with E-state index in [2.05, 4.69) is 56.5 Å². The number of nitrogens with one attached hydrogen (secondary N) is 1. The number of carbonyl (C=O) groups excluding carboxylic acids is 1. The van der Waals surface area contributed by atoms with Gasteiger partial charge in [0.2, 0.25) is 0 Å². The SMILES string of the molecule is Cc1cc(Br)cc(C)c1NC(=O)N1CCN(CCc2ccccc2)CC1. The van der Waals surface area contributed by atoms with Gasteiger partial charge in [-0.05, 0) is 49.1 Å². The molecule has 0 bridgehead atoms. The van der Waals surface area contributed by atoms with Gasteiger partial charge in [0.05, 0.1) is 0 Å². The zero-order chi connectivity index (χ0) is 18.5. The molecule has 2 aromatic rings. The molecule has 1 fully saturated rings. The summed E-state index contributed by atoms with van der Waals surface area (Å²) in [6, 6.07) is 14.6. The standard InChI is InChI=1S/C21H26BrN3O/c1-16-14-19(22)15-17(2)20(16)23-21(26)25-12-10-24(11-13-25)9-8-18-6-4-3-5-7-18/h3-7,14-15H,8-13H2,1-2H3,(H,23,26). The maximum Gasteiger partial charge on any atom is 0.321 e. The van der Waals surface area contributed by atoms with Gasteiger partial charge in [-0.2, -0.15) is 0 Å². The first kappa shape index (κ1) is 18.9. The number of amides is 2. The largest absolute Gasteiger partial charge is 0.322 e. The molecule has 0 aliphatic carbocycles. The quantitative estimate of drug-likeness (QED) is 0.799. The zero-order valence-electron chi connectivity index (χ0n) is 15.5. The van der Waals surface area contributed by atoms with Crippen molar-refractivity contribution in [3.63, 3.8) is 0 Å². The average Bonchev–Trinajstić information content (AvgIpc) is 2.64. The predicted molar refractivity (Wildman–Crippen MR) is 111 cm³/mol. The van der Waals surface area contributed by atoms with E-state index in [1.807, 2.05) is 30.9 Å². The fourth-order valence-electron chi connectivity index (χ4n) is 3.40. The molecule has 5 heteroatoms. The minimum absolute atomic E-state index is 0.00114. The van der Waals surface area contributed by atoms with Gasteiger partial charge < -0.3 is 10.2 Å².